The van der Waals surface area contributed by atoms with Gasteiger partial charge in [-0.3, -0.25) is 9.59 Å². The molecule has 2 heterocycles. The van der Waals surface area contributed by atoms with Crippen molar-refractivity contribution in [3.63, 3.8) is 0 Å². The van der Waals surface area contributed by atoms with E-state index in [-0.39, 0.29) is 57.1 Å². The number of nitrogens with one attached hydrogen (secondary N) is 1. The van der Waals surface area contributed by atoms with Gasteiger partial charge in [0.25, 0.3) is 5.91 Å². The summed E-state index contributed by atoms with van der Waals surface area (Å²) in [5, 5.41) is 12.3. The molecule has 0 aliphatic heterocycles. The number of alkyl halides is 3. The summed E-state index contributed by atoms with van der Waals surface area (Å²) in [5.74, 6) is -2.80. The number of benzene rings is 2. The molecule has 0 saturated heterocycles. The number of aryl methyl sites for hydroxylation is 1. The van der Waals surface area contributed by atoms with Crippen molar-refractivity contribution < 1.29 is 36.0 Å². The zero-order chi connectivity index (χ0) is 31.7. The largest absolute Gasteiger partial charge is 0.437 e. The highest BCUT2D eigenvalue weighted by Gasteiger charge is 2.33. The van der Waals surface area contributed by atoms with E-state index in [1.165, 1.54) is 37.4 Å². The molecule has 0 bridgehead atoms. The van der Waals surface area contributed by atoms with Gasteiger partial charge in [0.2, 0.25) is 5.71 Å². The Balaban J connectivity index is 1.94. The number of nitriles is 1. The molecule has 1 atom stereocenters. The topological polar surface area (TPSA) is 96.0 Å². The summed E-state index contributed by atoms with van der Waals surface area (Å²) < 4.78 is 74.3. The van der Waals surface area contributed by atoms with Crippen LogP contribution in [0.5, 0.6) is 0 Å². The third-order valence-electron chi connectivity index (χ3n) is 7.60. The lowest BCUT2D eigenvalue weighted by molar-refractivity contribution is -0.134. The SMILES string of the molecule is CNC(=O)c1c(-c2ccc(F)cc2)oc2nc(CCC(F)(F)F)c(-c3ccc(F)c(C(=O)CC(C)(C#N)C(C)C)c3)cc12. The van der Waals surface area contributed by atoms with Gasteiger partial charge in [-0.05, 0) is 67.3 Å². The smallest absolute Gasteiger partial charge is 0.389 e. The predicted octanol–water partition coefficient (Wildman–Crippen LogP) is 8.05. The van der Waals surface area contributed by atoms with Gasteiger partial charge in [0.05, 0.1) is 33.7 Å². The standard InChI is InChI=1S/C32H28F5N3O3/c1-17(2)31(3,16-38)15-26(41)22-13-19(7-10-24(22)34)21-14-23-27(29(42)39-4)28(18-5-8-20(33)9-6-18)43-30(23)40-25(21)11-12-32(35,36)37/h5-10,13-14,17H,11-12,15H2,1-4H3,(H,39,42). The number of ketones is 1. The molecule has 4 aromatic rings. The van der Waals surface area contributed by atoms with Crippen LogP contribution in [0.4, 0.5) is 22.0 Å². The zero-order valence-corrected chi connectivity index (χ0v) is 23.8. The van der Waals surface area contributed by atoms with Crippen LogP contribution in [0.25, 0.3) is 33.6 Å². The van der Waals surface area contributed by atoms with E-state index >= 15 is 0 Å². The Labute approximate surface area is 244 Å². The molecule has 0 aliphatic carbocycles. The average molecular weight is 598 g/mol. The zero-order valence-electron chi connectivity index (χ0n) is 23.8. The Morgan fingerprint density at radius 2 is 1.70 bits per heavy atom. The van der Waals surface area contributed by atoms with Gasteiger partial charge < -0.3 is 9.73 Å². The molecule has 0 fully saturated rings. The van der Waals surface area contributed by atoms with Gasteiger partial charge in [0, 0.05) is 31.0 Å². The van der Waals surface area contributed by atoms with Crippen molar-refractivity contribution in [1.29, 1.82) is 5.26 Å². The van der Waals surface area contributed by atoms with Crippen LogP contribution < -0.4 is 5.32 Å². The fourth-order valence-corrected chi connectivity index (χ4v) is 4.62. The summed E-state index contributed by atoms with van der Waals surface area (Å²) in [6.07, 6.45) is -6.60. The lowest BCUT2D eigenvalue weighted by atomic mass is 9.75. The number of carbonyl (C=O) groups excluding carboxylic acids is 2. The van der Waals surface area contributed by atoms with E-state index in [0.717, 1.165) is 18.2 Å². The summed E-state index contributed by atoms with van der Waals surface area (Å²) in [6, 6.07) is 12.2. The highest BCUT2D eigenvalue weighted by atomic mass is 19.4. The summed E-state index contributed by atoms with van der Waals surface area (Å²) in [7, 11) is 1.38. The number of rotatable bonds is 9. The van der Waals surface area contributed by atoms with Crippen LogP contribution in [-0.2, 0) is 6.42 Å². The molecular weight excluding hydrogens is 569 g/mol. The Morgan fingerprint density at radius 3 is 2.28 bits per heavy atom. The minimum Gasteiger partial charge on any atom is -0.437 e. The molecule has 2 aromatic heterocycles. The van der Waals surface area contributed by atoms with Crippen LogP contribution >= 0.6 is 0 Å². The average Bonchev–Trinajstić information content (AvgIpc) is 3.33. The van der Waals surface area contributed by atoms with E-state index in [4.69, 9.17) is 4.42 Å². The van der Waals surface area contributed by atoms with Crippen molar-refractivity contribution >= 4 is 22.8 Å². The van der Waals surface area contributed by atoms with E-state index in [9.17, 15) is 36.8 Å². The molecule has 224 valence electrons. The Kier molecular flexibility index (Phi) is 8.71. The lowest BCUT2D eigenvalue weighted by Gasteiger charge is -2.25. The second-order valence-corrected chi connectivity index (χ2v) is 10.8. The van der Waals surface area contributed by atoms with Crippen LogP contribution in [0.3, 0.4) is 0 Å². The van der Waals surface area contributed by atoms with Crippen molar-refractivity contribution in [2.45, 2.75) is 46.2 Å². The first-order chi connectivity index (χ1) is 20.2. The number of carbonyl (C=O) groups is 2. The number of hydrogen-bond donors (Lipinski definition) is 1. The van der Waals surface area contributed by atoms with Crippen molar-refractivity contribution in [3.8, 4) is 28.5 Å². The van der Waals surface area contributed by atoms with E-state index < -0.39 is 47.8 Å². The fourth-order valence-electron chi connectivity index (χ4n) is 4.62. The molecule has 1 N–H and O–H groups in total. The molecule has 43 heavy (non-hydrogen) atoms. The number of nitrogens with zero attached hydrogens (tertiary/aromatic N) is 2. The second kappa shape index (κ2) is 12.0. The first-order valence-corrected chi connectivity index (χ1v) is 13.4. The fraction of sp³-hybridized carbons (Fsp3) is 0.312. The first-order valence-electron chi connectivity index (χ1n) is 13.4. The summed E-state index contributed by atoms with van der Waals surface area (Å²) in [5.41, 5.74) is -0.917. The minimum atomic E-state index is -4.52. The number of furan rings is 1. The van der Waals surface area contributed by atoms with Gasteiger partial charge in [-0.1, -0.05) is 19.9 Å². The second-order valence-electron chi connectivity index (χ2n) is 10.8. The summed E-state index contributed by atoms with van der Waals surface area (Å²) >= 11 is 0. The maximum absolute atomic E-state index is 14.9. The van der Waals surface area contributed by atoms with Crippen molar-refractivity contribution in [3.05, 3.63) is 77.0 Å². The monoisotopic (exact) mass is 597 g/mol. The molecule has 2 aromatic carbocycles. The van der Waals surface area contributed by atoms with Crippen LogP contribution in [0.1, 0.15) is 60.0 Å². The van der Waals surface area contributed by atoms with E-state index in [0.29, 0.717) is 5.56 Å². The first kappa shape index (κ1) is 31.3. The molecule has 0 spiro atoms. The predicted molar refractivity (Wildman–Crippen MR) is 150 cm³/mol. The van der Waals surface area contributed by atoms with Gasteiger partial charge in [0.15, 0.2) is 5.78 Å². The molecule has 1 unspecified atom stereocenters. The van der Waals surface area contributed by atoms with E-state index in [1.807, 2.05) is 0 Å². The van der Waals surface area contributed by atoms with Gasteiger partial charge >= 0.3 is 6.18 Å². The van der Waals surface area contributed by atoms with Crippen molar-refractivity contribution in [2.75, 3.05) is 7.05 Å². The third kappa shape index (κ3) is 6.58. The number of fused-ring (bicyclic) bond motifs is 1. The summed E-state index contributed by atoms with van der Waals surface area (Å²) in [6.45, 7) is 5.14. The maximum Gasteiger partial charge on any atom is 0.389 e. The molecular formula is C32H28F5N3O3. The Bertz CT molecular complexity index is 1740. The van der Waals surface area contributed by atoms with Crippen molar-refractivity contribution in [2.24, 2.45) is 11.3 Å². The summed E-state index contributed by atoms with van der Waals surface area (Å²) in [4.78, 5) is 30.5. The van der Waals surface area contributed by atoms with E-state index in [2.05, 4.69) is 16.4 Å². The van der Waals surface area contributed by atoms with E-state index in [1.54, 1.807) is 20.8 Å². The van der Waals surface area contributed by atoms with Gasteiger partial charge in [-0.2, -0.15) is 18.4 Å². The Hall–Kier alpha value is -4.59. The molecule has 0 aliphatic rings. The number of pyridine rings is 1. The van der Waals surface area contributed by atoms with Crippen LogP contribution in [-0.4, -0.2) is 29.9 Å². The van der Waals surface area contributed by atoms with Gasteiger partial charge in [-0.15, -0.1) is 0 Å². The number of hydrogen-bond acceptors (Lipinski definition) is 5. The number of amides is 1. The highest BCUT2D eigenvalue weighted by molar-refractivity contribution is 6.11. The normalized spacial score (nSPS) is 13.1. The van der Waals surface area contributed by atoms with Gasteiger partial charge in [-0.25, -0.2) is 13.8 Å². The lowest BCUT2D eigenvalue weighted by Crippen LogP contribution is -2.25. The molecule has 1 amide bonds. The van der Waals surface area contributed by atoms with Crippen LogP contribution in [0.15, 0.2) is 52.9 Å². The van der Waals surface area contributed by atoms with Crippen molar-refractivity contribution in [1.82, 2.24) is 10.3 Å². The number of Topliss-reactive ketones (excluding diaryl/α,β-unsaturated/α-hetero) is 1. The van der Waals surface area contributed by atoms with Gasteiger partial charge in [0.1, 0.15) is 17.4 Å². The number of aromatic nitrogens is 1. The molecule has 0 saturated carbocycles. The van der Waals surface area contributed by atoms with Crippen LogP contribution in [0, 0.1) is 34.3 Å². The molecule has 11 heteroatoms. The van der Waals surface area contributed by atoms with Crippen LogP contribution in [0.2, 0.25) is 0 Å². The third-order valence-corrected chi connectivity index (χ3v) is 7.60. The quantitative estimate of drug-likeness (QED) is 0.156. The molecule has 0 radical (unpaired) electrons. The Morgan fingerprint density at radius 1 is 1.05 bits per heavy atom. The maximum atomic E-state index is 14.9. The number of halogens is 5. The highest BCUT2D eigenvalue weighted by Crippen LogP contribution is 2.38. The minimum absolute atomic E-state index is 0.0142. The molecule has 4 rings (SSSR count). The molecule has 6 nitrogen and oxygen atoms in total.